The molecule has 0 radical (unpaired) electrons. The average molecular weight is 869 g/mol. The SMILES string of the molecule is c1ccc(-c2ccc3ccc4ccc(-c5ccc6ncc(-c7ccc8ccc(-c9ccc%10c(c9)nc(-c9ccccc9)c9ccc%11sc%12ccccc%12c%11c9%10)cc8c7)cc6c5)nc4c3n2)cc1. The molecule has 4 nitrogen and oxygen atoms in total. The Balaban J connectivity index is 0.844. The molecule has 67 heavy (non-hydrogen) atoms. The third kappa shape index (κ3) is 6.28. The number of nitrogens with zero attached hydrogens (tertiary/aromatic N) is 4. The third-order valence-electron chi connectivity index (χ3n) is 13.4. The second-order valence-corrected chi connectivity index (χ2v) is 18.5. The molecule has 0 atom stereocenters. The molecule has 0 unspecified atom stereocenters. The lowest BCUT2D eigenvalue weighted by Crippen LogP contribution is -1.91. The summed E-state index contributed by atoms with van der Waals surface area (Å²) in [7, 11) is 0. The van der Waals surface area contributed by atoms with Crippen LogP contribution in [-0.2, 0) is 0 Å². The van der Waals surface area contributed by atoms with Gasteiger partial charge in [-0.1, -0.05) is 152 Å². The molecule has 14 aromatic rings. The van der Waals surface area contributed by atoms with Crippen molar-refractivity contribution in [3.05, 3.63) is 219 Å². The summed E-state index contributed by atoms with van der Waals surface area (Å²) in [6.45, 7) is 0. The fourth-order valence-corrected chi connectivity index (χ4v) is 11.2. The molecule has 0 fully saturated rings. The minimum absolute atomic E-state index is 0.897. The van der Waals surface area contributed by atoms with Crippen molar-refractivity contribution in [2.75, 3.05) is 0 Å². The number of pyridine rings is 4. The van der Waals surface area contributed by atoms with Gasteiger partial charge in [0.15, 0.2) is 0 Å². The molecule has 5 heteroatoms. The van der Waals surface area contributed by atoms with E-state index in [0.29, 0.717) is 0 Å². The zero-order chi connectivity index (χ0) is 44.0. The maximum Gasteiger partial charge on any atom is 0.0972 e. The fraction of sp³-hybridized carbons (Fsp3) is 0. The average Bonchev–Trinajstić information content (AvgIpc) is 3.79. The van der Waals surface area contributed by atoms with Gasteiger partial charge >= 0.3 is 0 Å². The lowest BCUT2D eigenvalue weighted by molar-refractivity contribution is 1.36. The number of rotatable bonds is 5. The second kappa shape index (κ2) is 15.0. The van der Waals surface area contributed by atoms with Crippen LogP contribution in [0.2, 0.25) is 0 Å². The normalized spacial score (nSPS) is 11.9. The molecular weight excluding hydrogens is 833 g/mol. The van der Waals surface area contributed by atoms with E-state index in [9.17, 15) is 0 Å². The molecule has 0 bridgehead atoms. The number of benzene rings is 9. The van der Waals surface area contributed by atoms with Crippen molar-refractivity contribution < 1.29 is 0 Å². The predicted molar refractivity (Wildman–Crippen MR) is 283 cm³/mol. The van der Waals surface area contributed by atoms with Gasteiger partial charge < -0.3 is 0 Å². The van der Waals surface area contributed by atoms with Crippen molar-refractivity contribution >= 4 is 96.7 Å². The smallest absolute Gasteiger partial charge is 0.0972 e. The van der Waals surface area contributed by atoms with E-state index in [2.05, 4.69) is 194 Å². The zero-order valence-electron chi connectivity index (χ0n) is 36.0. The maximum atomic E-state index is 5.43. The van der Waals surface area contributed by atoms with Crippen molar-refractivity contribution in [1.82, 2.24) is 19.9 Å². The van der Waals surface area contributed by atoms with Crippen molar-refractivity contribution in [3.8, 4) is 56.0 Å². The molecule has 5 heterocycles. The first-order valence-corrected chi connectivity index (χ1v) is 23.4. The Bertz CT molecular complexity index is 4330. The molecule has 5 aromatic heterocycles. The number of fused-ring (bicyclic) bond motifs is 12. The van der Waals surface area contributed by atoms with Crippen LogP contribution in [0.15, 0.2) is 219 Å². The first-order chi connectivity index (χ1) is 33.1. The van der Waals surface area contributed by atoms with Crippen molar-refractivity contribution in [2.45, 2.75) is 0 Å². The monoisotopic (exact) mass is 868 g/mol. The van der Waals surface area contributed by atoms with E-state index >= 15 is 0 Å². The molecular formula is C62H36N4S. The molecule has 14 rings (SSSR count). The molecule has 9 aromatic carbocycles. The molecule has 0 amide bonds. The van der Waals surface area contributed by atoms with Crippen LogP contribution in [0.25, 0.3) is 141 Å². The highest BCUT2D eigenvalue weighted by Crippen LogP contribution is 2.44. The zero-order valence-corrected chi connectivity index (χ0v) is 36.8. The quantitative estimate of drug-likeness (QED) is 0.162. The minimum Gasteiger partial charge on any atom is -0.256 e. The van der Waals surface area contributed by atoms with E-state index in [0.717, 1.165) is 94.3 Å². The van der Waals surface area contributed by atoms with Gasteiger partial charge in [0.1, 0.15) is 0 Å². The molecule has 0 N–H and O–H groups in total. The van der Waals surface area contributed by atoms with Gasteiger partial charge in [-0.3, -0.25) is 4.98 Å². The van der Waals surface area contributed by atoms with Gasteiger partial charge in [-0.05, 0) is 88.1 Å². The van der Waals surface area contributed by atoms with Crippen LogP contribution < -0.4 is 0 Å². The van der Waals surface area contributed by atoms with Crippen LogP contribution in [-0.4, -0.2) is 19.9 Å². The predicted octanol–water partition coefficient (Wildman–Crippen LogP) is 16.9. The van der Waals surface area contributed by atoms with Crippen molar-refractivity contribution in [1.29, 1.82) is 0 Å². The molecule has 0 aliphatic heterocycles. The topological polar surface area (TPSA) is 51.6 Å². The fourth-order valence-electron chi connectivity index (χ4n) is 10.1. The summed E-state index contributed by atoms with van der Waals surface area (Å²) in [5.74, 6) is 0. The van der Waals surface area contributed by atoms with E-state index in [4.69, 9.17) is 19.9 Å². The lowest BCUT2D eigenvalue weighted by atomic mass is 9.94. The standard InChI is InChI=1S/C62H36N4S/c1-3-9-38(10-4-1)53-28-22-40-17-18-41-23-29-54(65-62(41)61(40)64-53)45-24-27-52-47(33-45)34-48(36-63-52)43-20-16-37-15-19-42(31-46(37)32-43)44-21-25-49-55(35-44)66-60(39-11-5-2-6-12-39)51-26-30-57-59(58(49)51)50-13-7-8-14-56(50)67-57/h1-36H. The van der Waals surface area contributed by atoms with Crippen molar-refractivity contribution in [2.24, 2.45) is 0 Å². The van der Waals surface area contributed by atoms with Gasteiger partial charge in [0.25, 0.3) is 0 Å². The number of thiophene rings is 1. The highest BCUT2D eigenvalue weighted by molar-refractivity contribution is 7.26. The highest BCUT2D eigenvalue weighted by atomic mass is 32.1. The van der Waals surface area contributed by atoms with Crippen LogP contribution >= 0.6 is 11.3 Å². The molecule has 0 aliphatic rings. The summed E-state index contributed by atoms with van der Waals surface area (Å²) in [4.78, 5) is 20.7. The Kier molecular flexibility index (Phi) is 8.42. The molecule has 0 aliphatic carbocycles. The lowest BCUT2D eigenvalue weighted by Gasteiger charge is -2.13. The summed E-state index contributed by atoms with van der Waals surface area (Å²) >= 11 is 1.86. The first-order valence-electron chi connectivity index (χ1n) is 22.6. The van der Waals surface area contributed by atoms with E-state index in [-0.39, 0.29) is 0 Å². The second-order valence-electron chi connectivity index (χ2n) is 17.4. The molecule has 0 spiro atoms. The summed E-state index contributed by atoms with van der Waals surface area (Å²) in [5, 5.41) is 11.8. The summed E-state index contributed by atoms with van der Waals surface area (Å²) in [5.41, 5.74) is 14.3. The summed E-state index contributed by atoms with van der Waals surface area (Å²) in [6.07, 6.45) is 1.99. The third-order valence-corrected chi connectivity index (χ3v) is 14.6. The molecule has 0 saturated heterocycles. The van der Waals surface area contributed by atoms with Gasteiger partial charge in [-0.25, -0.2) is 15.0 Å². The van der Waals surface area contributed by atoms with E-state index < -0.39 is 0 Å². The molecule has 0 saturated carbocycles. The molecule has 310 valence electrons. The van der Waals surface area contributed by atoms with Gasteiger partial charge in [0, 0.05) is 80.9 Å². The Morgan fingerprint density at radius 1 is 0.299 bits per heavy atom. The Labute approximate surface area is 389 Å². The number of hydrogen-bond donors (Lipinski definition) is 0. The van der Waals surface area contributed by atoms with Crippen LogP contribution in [0, 0.1) is 0 Å². The first kappa shape index (κ1) is 37.7. The van der Waals surface area contributed by atoms with Crippen LogP contribution in [0.5, 0.6) is 0 Å². The van der Waals surface area contributed by atoms with E-state index in [1.807, 2.05) is 35.7 Å². The van der Waals surface area contributed by atoms with Crippen LogP contribution in [0.4, 0.5) is 0 Å². The minimum atomic E-state index is 0.897. The number of aromatic nitrogens is 4. The summed E-state index contributed by atoms with van der Waals surface area (Å²) < 4.78 is 2.60. The van der Waals surface area contributed by atoms with Gasteiger partial charge in [-0.15, -0.1) is 11.3 Å². The largest absolute Gasteiger partial charge is 0.256 e. The van der Waals surface area contributed by atoms with E-state index in [1.54, 1.807) is 0 Å². The highest BCUT2D eigenvalue weighted by Gasteiger charge is 2.18. The Morgan fingerprint density at radius 3 is 1.66 bits per heavy atom. The summed E-state index contributed by atoms with van der Waals surface area (Å²) in [6, 6.07) is 75.9. The van der Waals surface area contributed by atoms with E-state index in [1.165, 1.54) is 47.1 Å². The van der Waals surface area contributed by atoms with Crippen molar-refractivity contribution in [3.63, 3.8) is 0 Å². The van der Waals surface area contributed by atoms with Crippen LogP contribution in [0.1, 0.15) is 0 Å². The van der Waals surface area contributed by atoms with Gasteiger partial charge in [0.05, 0.1) is 39.1 Å². The number of hydrogen-bond acceptors (Lipinski definition) is 5. The maximum absolute atomic E-state index is 5.43. The Morgan fingerprint density at radius 2 is 0.881 bits per heavy atom. The van der Waals surface area contributed by atoms with Gasteiger partial charge in [-0.2, -0.15) is 0 Å². The van der Waals surface area contributed by atoms with Gasteiger partial charge in [0.2, 0.25) is 0 Å². The Hall–Kier alpha value is -8.64. The van der Waals surface area contributed by atoms with Crippen LogP contribution in [0.3, 0.4) is 0 Å².